The number of benzene rings is 1. The van der Waals surface area contributed by atoms with E-state index in [4.69, 9.17) is 9.84 Å². The Labute approximate surface area is 103 Å². The molecule has 3 heteroatoms. The van der Waals surface area contributed by atoms with E-state index in [-0.39, 0.29) is 6.61 Å². The largest absolute Gasteiger partial charge is 0.392 e. The van der Waals surface area contributed by atoms with Crippen LogP contribution >= 0.6 is 0 Å². The highest BCUT2D eigenvalue weighted by Crippen LogP contribution is 2.23. The van der Waals surface area contributed by atoms with Gasteiger partial charge < -0.3 is 15.2 Å². The minimum absolute atomic E-state index is 0.110. The number of anilines is 1. The number of aliphatic hydroxyl groups excluding tert-OH is 1. The SMILES string of the molecule is COC1CCC(Nc2ccc(CO)cc2)CC1. The fourth-order valence-electron chi connectivity index (χ4n) is 2.38. The Kier molecular flexibility index (Phi) is 4.40. The van der Waals surface area contributed by atoms with E-state index in [0.29, 0.717) is 12.1 Å². The summed E-state index contributed by atoms with van der Waals surface area (Å²) in [6.45, 7) is 0.110. The van der Waals surface area contributed by atoms with Crippen LogP contribution in [0.4, 0.5) is 5.69 Å². The van der Waals surface area contributed by atoms with E-state index >= 15 is 0 Å². The normalized spacial score (nSPS) is 24.6. The molecule has 0 heterocycles. The van der Waals surface area contributed by atoms with Gasteiger partial charge in [-0.25, -0.2) is 0 Å². The molecule has 0 unspecified atom stereocenters. The Morgan fingerprint density at radius 3 is 2.35 bits per heavy atom. The fraction of sp³-hybridized carbons (Fsp3) is 0.571. The third kappa shape index (κ3) is 3.45. The molecule has 1 aliphatic carbocycles. The van der Waals surface area contributed by atoms with Crippen molar-refractivity contribution in [3.63, 3.8) is 0 Å². The second-order valence-electron chi connectivity index (χ2n) is 4.71. The second kappa shape index (κ2) is 6.03. The molecule has 1 fully saturated rings. The predicted octanol–water partition coefficient (Wildman–Crippen LogP) is 2.55. The van der Waals surface area contributed by atoms with Gasteiger partial charge in [-0.2, -0.15) is 0 Å². The lowest BCUT2D eigenvalue weighted by molar-refractivity contribution is 0.0682. The van der Waals surface area contributed by atoms with E-state index in [2.05, 4.69) is 5.32 Å². The molecule has 2 N–H and O–H groups in total. The molecule has 0 radical (unpaired) electrons. The first-order valence-electron chi connectivity index (χ1n) is 6.31. The highest BCUT2D eigenvalue weighted by molar-refractivity contribution is 5.45. The third-order valence-corrected chi connectivity index (χ3v) is 3.51. The summed E-state index contributed by atoms with van der Waals surface area (Å²) in [5.74, 6) is 0. The zero-order valence-corrected chi connectivity index (χ0v) is 10.4. The molecule has 1 aromatic rings. The van der Waals surface area contributed by atoms with Gasteiger partial charge in [0.2, 0.25) is 0 Å². The first kappa shape index (κ1) is 12.4. The molecule has 0 bridgehead atoms. The number of nitrogens with one attached hydrogen (secondary N) is 1. The molecule has 17 heavy (non-hydrogen) atoms. The van der Waals surface area contributed by atoms with Crippen molar-refractivity contribution in [3.8, 4) is 0 Å². The Balaban J connectivity index is 1.84. The molecule has 0 atom stereocenters. The van der Waals surface area contributed by atoms with Crippen LogP contribution in [0.1, 0.15) is 31.2 Å². The van der Waals surface area contributed by atoms with E-state index in [1.165, 1.54) is 12.8 Å². The van der Waals surface area contributed by atoms with Crippen LogP contribution in [0.15, 0.2) is 24.3 Å². The van der Waals surface area contributed by atoms with Gasteiger partial charge in [0.05, 0.1) is 12.7 Å². The highest BCUT2D eigenvalue weighted by atomic mass is 16.5. The van der Waals surface area contributed by atoms with Crippen LogP contribution in [0.2, 0.25) is 0 Å². The average Bonchev–Trinajstić information content (AvgIpc) is 2.40. The molecular formula is C14H21NO2. The molecule has 0 aromatic heterocycles. The lowest BCUT2D eigenvalue weighted by atomic mass is 9.93. The molecule has 94 valence electrons. The number of rotatable bonds is 4. The third-order valence-electron chi connectivity index (χ3n) is 3.51. The predicted molar refractivity (Wildman–Crippen MR) is 69.0 cm³/mol. The molecule has 3 nitrogen and oxygen atoms in total. The minimum atomic E-state index is 0.110. The van der Waals surface area contributed by atoms with Gasteiger partial charge in [0.25, 0.3) is 0 Å². The van der Waals surface area contributed by atoms with E-state index < -0.39 is 0 Å². The van der Waals surface area contributed by atoms with Crippen molar-refractivity contribution in [2.75, 3.05) is 12.4 Å². The van der Waals surface area contributed by atoms with Gasteiger partial charge in [0, 0.05) is 18.8 Å². The van der Waals surface area contributed by atoms with Gasteiger partial charge in [0.15, 0.2) is 0 Å². The standard InChI is InChI=1S/C14H21NO2/c1-17-14-8-6-13(7-9-14)15-12-4-2-11(10-16)3-5-12/h2-5,13-16H,6-10H2,1H3. The van der Waals surface area contributed by atoms with Gasteiger partial charge in [-0.05, 0) is 43.4 Å². The number of ether oxygens (including phenoxy) is 1. The molecule has 1 saturated carbocycles. The number of hydrogen-bond donors (Lipinski definition) is 2. The summed E-state index contributed by atoms with van der Waals surface area (Å²) in [7, 11) is 1.80. The topological polar surface area (TPSA) is 41.5 Å². The van der Waals surface area contributed by atoms with E-state index in [9.17, 15) is 0 Å². The van der Waals surface area contributed by atoms with Crippen LogP contribution in [-0.4, -0.2) is 24.4 Å². The van der Waals surface area contributed by atoms with Crippen molar-refractivity contribution in [1.29, 1.82) is 0 Å². The Morgan fingerprint density at radius 1 is 1.18 bits per heavy atom. The smallest absolute Gasteiger partial charge is 0.0681 e. The van der Waals surface area contributed by atoms with Gasteiger partial charge in [0.1, 0.15) is 0 Å². The maximum Gasteiger partial charge on any atom is 0.0681 e. The van der Waals surface area contributed by atoms with Crippen LogP contribution in [0.25, 0.3) is 0 Å². The van der Waals surface area contributed by atoms with Crippen LogP contribution in [-0.2, 0) is 11.3 Å². The number of aliphatic hydroxyl groups is 1. The first-order chi connectivity index (χ1) is 8.31. The number of hydrogen-bond acceptors (Lipinski definition) is 3. The van der Waals surface area contributed by atoms with Crippen molar-refractivity contribution in [2.24, 2.45) is 0 Å². The first-order valence-corrected chi connectivity index (χ1v) is 6.31. The molecular weight excluding hydrogens is 214 g/mol. The summed E-state index contributed by atoms with van der Waals surface area (Å²) in [6, 6.07) is 8.55. The molecule has 1 aromatic carbocycles. The van der Waals surface area contributed by atoms with Crippen molar-refractivity contribution in [2.45, 2.75) is 44.4 Å². The quantitative estimate of drug-likeness (QED) is 0.842. The zero-order valence-electron chi connectivity index (χ0n) is 10.4. The molecule has 0 aliphatic heterocycles. The van der Waals surface area contributed by atoms with Crippen LogP contribution in [0.3, 0.4) is 0 Å². The van der Waals surface area contributed by atoms with Crippen molar-refractivity contribution in [3.05, 3.63) is 29.8 Å². The zero-order chi connectivity index (χ0) is 12.1. The van der Waals surface area contributed by atoms with Crippen molar-refractivity contribution >= 4 is 5.69 Å². The number of methoxy groups -OCH3 is 1. The van der Waals surface area contributed by atoms with Crippen molar-refractivity contribution < 1.29 is 9.84 Å². The van der Waals surface area contributed by atoms with Gasteiger partial charge >= 0.3 is 0 Å². The summed E-state index contributed by atoms with van der Waals surface area (Å²) in [6.07, 6.45) is 5.07. The maximum atomic E-state index is 8.97. The van der Waals surface area contributed by atoms with Gasteiger partial charge in [-0.15, -0.1) is 0 Å². The summed E-state index contributed by atoms with van der Waals surface area (Å²) in [5, 5.41) is 12.5. The maximum absolute atomic E-state index is 8.97. The van der Waals surface area contributed by atoms with Crippen molar-refractivity contribution in [1.82, 2.24) is 0 Å². The Hall–Kier alpha value is -1.06. The molecule has 0 amide bonds. The van der Waals surface area contributed by atoms with Crippen LogP contribution < -0.4 is 5.32 Å². The summed E-state index contributed by atoms with van der Waals surface area (Å²) >= 11 is 0. The molecule has 1 aliphatic rings. The summed E-state index contributed by atoms with van der Waals surface area (Å²) in [5.41, 5.74) is 2.10. The Bertz CT molecular complexity index is 329. The molecule has 0 spiro atoms. The monoisotopic (exact) mass is 235 g/mol. The van der Waals surface area contributed by atoms with Crippen LogP contribution in [0.5, 0.6) is 0 Å². The van der Waals surface area contributed by atoms with E-state index in [0.717, 1.165) is 24.1 Å². The lowest BCUT2D eigenvalue weighted by Gasteiger charge is -2.28. The average molecular weight is 235 g/mol. The fourth-order valence-corrected chi connectivity index (χ4v) is 2.38. The summed E-state index contributed by atoms with van der Waals surface area (Å²) in [4.78, 5) is 0. The van der Waals surface area contributed by atoms with E-state index in [1.54, 1.807) is 7.11 Å². The molecule has 2 rings (SSSR count). The van der Waals surface area contributed by atoms with E-state index in [1.807, 2.05) is 24.3 Å². The highest BCUT2D eigenvalue weighted by Gasteiger charge is 2.20. The van der Waals surface area contributed by atoms with Gasteiger partial charge in [-0.3, -0.25) is 0 Å². The van der Waals surface area contributed by atoms with Crippen LogP contribution in [0, 0.1) is 0 Å². The summed E-state index contributed by atoms with van der Waals surface area (Å²) < 4.78 is 5.36. The van der Waals surface area contributed by atoms with Gasteiger partial charge in [-0.1, -0.05) is 12.1 Å². The Morgan fingerprint density at radius 2 is 1.82 bits per heavy atom. The molecule has 0 saturated heterocycles. The minimum Gasteiger partial charge on any atom is -0.392 e. The lowest BCUT2D eigenvalue weighted by Crippen LogP contribution is -2.29. The second-order valence-corrected chi connectivity index (χ2v) is 4.71.